The van der Waals surface area contributed by atoms with Crippen LogP contribution in [0, 0.1) is 0 Å². The van der Waals surface area contributed by atoms with Crippen molar-refractivity contribution < 1.29 is 19.4 Å². The number of para-hydroxylation sites is 1. The van der Waals surface area contributed by atoms with Crippen LogP contribution >= 0.6 is 23.2 Å². The summed E-state index contributed by atoms with van der Waals surface area (Å²) in [4.78, 5) is 14.9. The molecule has 0 saturated carbocycles. The Hall–Kier alpha value is -2.15. The molecule has 1 aliphatic heterocycles. The molecular weight excluding hydrogens is 391 g/mol. The lowest BCUT2D eigenvalue weighted by molar-refractivity contribution is 0.102. The molecular formula is C19H20Cl2N2O4. The molecule has 2 aromatic rings. The molecule has 6 nitrogen and oxygen atoms in total. The molecule has 0 atom stereocenters. The van der Waals surface area contributed by atoms with Gasteiger partial charge >= 0.3 is 0 Å². The van der Waals surface area contributed by atoms with Gasteiger partial charge in [-0.25, -0.2) is 0 Å². The fourth-order valence-electron chi connectivity index (χ4n) is 2.89. The molecule has 0 aliphatic carbocycles. The van der Waals surface area contributed by atoms with E-state index in [4.69, 9.17) is 32.7 Å². The van der Waals surface area contributed by atoms with Crippen LogP contribution in [0.4, 0.5) is 11.4 Å². The molecule has 2 N–H and O–H groups in total. The molecule has 27 heavy (non-hydrogen) atoms. The van der Waals surface area contributed by atoms with E-state index in [2.05, 4.69) is 10.2 Å². The van der Waals surface area contributed by atoms with E-state index in [0.29, 0.717) is 43.6 Å². The van der Waals surface area contributed by atoms with Crippen LogP contribution in [0.1, 0.15) is 17.3 Å². The number of carbonyl (C=O) groups excluding carboxylic acids is 1. The maximum atomic E-state index is 12.8. The van der Waals surface area contributed by atoms with Crippen molar-refractivity contribution in [2.75, 3.05) is 43.1 Å². The van der Waals surface area contributed by atoms with Crippen LogP contribution in [0.5, 0.6) is 11.5 Å². The Bertz CT molecular complexity index is 839. The summed E-state index contributed by atoms with van der Waals surface area (Å²) in [5.41, 5.74) is 1.62. The van der Waals surface area contributed by atoms with Crippen molar-refractivity contribution in [2.45, 2.75) is 6.92 Å². The number of anilines is 2. The molecule has 0 bridgehead atoms. The van der Waals surface area contributed by atoms with Crippen LogP contribution in [0.15, 0.2) is 30.3 Å². The lowest BCUT2D eigenvalue weighted by Gasteiger charge is -2.31. The predicted molar refractivity (Wildman–Crippen MR) is 107 cm³/mol. The van der Waals surface area contributed by atoms with Crippen molar-refractivity contribution in [3.8, 4) is 11.5 Å². The molecule has 0 unspecified atom stereocenters. The summed E-state index contributed by atoms with van der Waals surface area (Å²) in [5.74, 6) is -0.406. The molecule has 1 heterocycles. The second-order valence-corrected chi connectivity index (χ2v) is 6.74. The van der Waals surface area contributed by atoms with Crippen molar-refractivity contribution in [3.05, 3.63) is 45.9 Å². The fraction of sp³-hybridized carbons (Fsp3) is 0.316. The molecule has 8 heteroatoms. The van der Waals surface area contributed by atoms with Gasteiger partial charge in [0.25, 0.3) is 5.91 Å². The van der Waals surface area contributed by atoms with Crippen molar-refractivity contribution in [2.24, 2.45) is 0 Å². The first-order valence-electron chi connectivity index (χ1n) is 8.59. The standard InChI is InChI=1S/C19H20Cl2N2O4/c1-2-27-16-11-12(10-14(21)18(16)24)19(25)22-15-5-3-4-13(20)17(15)23-6-8-26-9-7-23/h3-5,10-11,24H,2,6-9H2,1H3,(H,22,25). The summed E-state index contributed by atoms with van der Waals surface area (Å²) in [6.45, 7) is 4.69. The van der Waals surface area contributed by atoms with Crippen molar-refractivity contribution >= 4 is 40.5 Å². The first-order valence-corrected chi connectivity index (χ1v) is 9.34. The number of rotatable bonds is 5. The highest BCUT2D eigenvalue weighted by Crippen LogP contribution is 2.37. The van der Waals surface area contributed by atoms with Gasteiger partial charge in [0, 0.05) is 18.7 Å². The third-order valence-electron chi connectivity index (χ3n) is 4.15. The van der Waals surface area contributed by atoms with E-state index >= 15 is 0 Å². The minimum Gasteiger partial charge on any atom is -0.503 e. The molecule has 0 spiro atoms. The summed E-state index contributed by atoms with van der Waals surface area (Å²) in [7, 11) is 0. The van der Waals surface area contributed by atoms with Gasteiger partial charge in [-0.15, -0.1) is 0 Å². The maximum absolute atomic E-state index is 12.8. The van der Waals surface area contributed by atoms with Gasteiger partial charge in [-0.1, -0.05) is 29.3 Å². The summed E-state index contributed by atoms with van der Waals surface area (Å²) >= 11 is 12.4. The average molecular weight is 411 g/mol. The number of aromatic hydroxyl groups is 1. The third-order valence-corrected chi connectivity index (χ3v) is 4.75. The van der Waals surface area contributed by atoms with E-state index in [1.165, 1.54) is 12.1 Å². The Morgan fingerprint density at radius 1 is 1.26 bits per heavy atom. The van der Waals surface area contributed by atoms with Gasteiger partial charge in [-0.2, -0.15) is 0 Å². The number of phenolic OH excluding ortho intramolecular Hbond substituents is 1. The van der Waals surface area contributed by atoms with Crippen LogP contribution in [-0.4, -0.2) is 43.9 Å². The Morgan fingerprint density at radius 3 is 2.70 bits per heavy atom. The number of carbonyl (C=O) groups is 1. The topological polar surface area (TPSA) is 71.0 Å². The SMILES string of the molecule is CCOc1cc(C(=O)Nc2cccc(Cl)c2N2CCOCC2)cc(Cl)c1O. The first kappa shape index (κ1) is 19.6. The van der Waals surface area contributed by atoms with Crippen molar-refractivity contribution in [1.82, 2.24) is 0 Å². The van der Waals surface area contributed by atoms with E-state index in [9.17, 15) is 9.90 Å². The number of morpholine rings is 1. The molecule has 1 amide bonds. The molecule has 2 aromatic carbocycles. The molecule has 1 aliphatic rings. The first-order chi connectivity index (χ1) is 13.0. The zero-order valence-corrected chi connectivity index (χ0v) is 16.3. The Balaban J connectivity index is 1.89. The number of phenols is 1. The molecule has 1 saturated heterocycles. The highest BCUT2D eigenvalue weighted by atomic mass is 35.5. The molecule has 3 rings (SSSR count). The average Bonchev–Trinajstić information content (AvgIpc) is 2.66. The molecule has 0 aromatic heterocycles. The third kappa shape index (κ3) is 4.40. The van der Waals surface area contributed by atoms with Gasteiger partial charge in [0.2, 0.25) is 0 Å². The summed E-state index contributed by atoms with van der Waals surface area (Å²) < 4.78 is 10.7. The van der Waals surface area contributed by atoms with Crippen molar-refractivity contribution in [3.63, 3.8) is 0 Å². The van der Waals surface area contributed by atoms with E-state index in [1.807, 2.05) is 0 Å². The zero-order chi connectivity index (χ0) is 19.4. The summed E-state index contributed by atoms with van der Waals surface area (Å²) in [5, 5.41) is 13.4. The van der Waals surface area contributed by atoms with E-state index in [-0.39, 0.29) is 28.0 Å². The van der Waals surface area contributed by atoms with Crippen LogP contribution < -0.4 is 15.0 Å². The number of halogens is 2. The fourth-order valence-corrected chi connectivity index (χ4v) is 3.39. The number of hydrogen-bond donors (Lipinski definition) is 2. The number of ether oxygens (including phenoxy) is 2. The monoisotopic (exact) mass is 410 g/mol. The molecule has 144 valence electrons. The largest absolute Gasteiger partial charge is 0.503 e. The minimum atomic E-state index is -0.380. The number of nitrogens with one attached hydrogen (secondary N) is 1. The van der Waals surface area contributed by atoms with Gasteiger partial charge in [-0.05, 0) is 31.2 Å². The Morgan fingerprint density at radius 2 is 2.00 bits per heavy atom. The van der Waals surface area contributed by atoms with E-state index < -0.39 is 0 Å². The zero-order valence-electron chi connectivity index (χ0n) is 14.8. The minimum absolute atomic E-state index is 0.0468. The quantitative estimate of drug-likeness (QED) is 0.772. The van der Waals surface area contributed by atoms with E-state index in [0.717, 1.165) is 5.69 Å². The Labute approximate surface area is 167 Å². The maximum Gasteiger partial charge on any atom is 0.255 e. The molecule has 1 fully saturated rings. The van der Waals surface area contributed by atoms with Crippen molar-refractivity contribution in [1.29, 1.82) is 0 Å². The van der Waals surface area contributed by atoms with Gasteiger partial charge in [0.15, 0.2) is 11.5 Å². The van der Waals surface area contributed by atoms with Crippen LogP contribution in [0.25, 0.3) is 0 Å². The number of benzene rings is 2. The van der Waals surface area contributed by atoms with Crippen LogP contribution in [0.2, 0.25) is 10.0 Å². The lowest BCUT2D eigenvalue weighted by atomic mass is 10.1. The normalized spacial score (nSPS) is 14.1. The van der Waals surface area contributed by atoms with Gasteiger partial charge in [0.05, 0.1) is 41.2 Å². The second-order valence-electron chi connectivity index (χ2n) is 5.93. The summed E-state index contributed by atoms with van der Waals surface area (Å²) in [6, 6.07) is 8.21. The number of amides is 1. The second kappa shape index (κ2) is 8.69. The Kier molecular flexibility index (Phi) is 6.31. The smallest absolute Gasteiger partial charge is 0.255 e. The number of nitrogens with zero attached hydrogens (tertiary/aromatic N) is 1. The van der Waals surface area contributed by atoms with Crippen LogP contribution in [-0.2, 0) is 4.74 Å². The highest BCUT2D eigenvalue weighted by molar-refractivity contribution is 6.34. The lowest BCUT2D eigenvalue weighted by Crippen LogP contribution is -2.37. The van der Waals surface area contributed by atoms with Gasteiger partial charge in [0.1, 0.15) is 0 Å². The predicted octanol–water partition coefficient (Wildman–Crippen LogP) is 4.19. The molecule has 0 radical (unpaired) electrons. The highest BCUT2D eigenvalue weighted by Gasteiger charge is 2.20. The van der Waals surface area contributed by atoms with Gasteiger partial charge < -0.3 is 24.8 Å². The van der Waals surface area contributed by atoms with E-state index in [1.54, 1.807) is 25.1 Å². The van der Waals surface area contributed by atoms with Gasteiger partial charge in [-0.3, -0.25) is 4.79 Å². The van der Waals surface area contributed by atoms with Crippen LogP contribution in [0.3, 0.4) is 0 Å². The number of hydrogen-bond acceptors (Lipinski definition) is 5. The summed E-state index contributed by atoms with van der Waals surface area (Å²) in [6.07, 6.45) is 0.